The summed E-state index contributed by atoms with van der Waals surface area (Å²) in [7, 11) is 0. The molecule has 0 atom stereocenters. The van der Waals surface area contributed by atoms with Crippen molar-refractivity contribution in [2.75, 3.05) is 0 Å². The van der Waals surface area contributed by atoms with Crippen molar-refractivity contribution in [2.45, 2.75) is 0 Å². The number of benzene rings is 1. The van der Waals surface area contributed by atoms with Crippen LogP contribution in [0, 0.1) is 0 Å². The molecule has 1 heteroatoms. The van der Waals surface area contributed by atoms with Crippen molar-refractivity contribution in [3.63, 3.8) is 0 Å². The topological polar surface area (TPSA) is 20.2 Å². The van der Waals surface area contributed by atoms with Crippen LogP contribution in [0.3, 0.4) is 0 Å². The lowest BCUT2D eigenvalue weighted by molar-refractivity contribution is 0.474. The highest BCUT2D eigenvalue weighted by molar-refractivity contribution is 5.67. The Labute approximate surface area is 64.6 Å². The van der Waals surface area contributed by atoms with Crippen molar-refractivity contribution in [1.29, 1.82) is 0 Å². The lowest BCUT2D eigenvalue weighted by Gasteiger charge is -1.94. The number of hydrogen-bond acceptors (Lipinski definition) is 1. The molecule has 1 nitrogen and oxygen atoms in total. The fourth-order valence-electron chi connectivity index (χ4n) is 1.31. The number of fused-ring (bicyclic) bond motifs is 1. The minimum atomic E-state index is 0.286. The molecule has 0 bridgehead atoms. The number of rotatable bonds is 0. The Morgan fingerprint density at radius 2 is 2.09 bits per heavy atom. The van der Waals surface area contributed by atoms with Crippen LogP contribution in [-0.4, -0.2) is 5.11 Å². The highest BCUT2D eigenvalue weighted by Gasteiger charge is 1.98. The normalized spacial score (nSPS) is 12.7. The maximum absolute atomic E-state index is 9.19. The first-order chi connectivity index (χ1) is 5.27. The summed E-state index contributed by atoms with van der Waals surface area (Å²) in [5.74, 6) is 0.286. The predicted molar refractivity (Wildman–Crippen MR) is 46.4 cm³/mol. The maximum atomic E-state index is 9.19. The lowest BCUT2D eigenvalue weighted by Crippen LogP contribution is -2.23. The standard InChI is InChI=1S/C10H8O/c1-7-5-9(11)6-8-3-2-4-10(7)8/h2-6,11H,1H2. The van der Waals surface area contributed by atoms with Crippen LogP contribution in [0.15, 0.2) is 18.2 Å². The van der Waals surface area contributed by atoms with Crippen LogP contribution in [0.1, 0.15) is 5.56 Å². The molecule has 1 aliphatic carbocycles. The van der Waals surface area contributed by atoms with E-state index in [0.717, 1.165) is 16.0 Å². The summed E-state index contributed by atoms with van der Waals surface area (Å²) in [5.41, 5.74) is 1.05. The van der Waals surface area contributed by atoms with E-state index in [4.69, 9.17) is 0 Å². The van der Waals surface area contributed by atoms with Gasteiger partial charge in [-0.25, -0.2) is 0 Å². The van der Waals surface area contributed by atoms with Crippen LogP contribution in [0.25, 0.3) is 18.7 Å². The second-order valence-corrected chi connectivity index (χ2v) is 2.63. The summed E-state index contributed by atoms with van der Waals surface area (Å²) in [6, 6.07) is 3.41. The molecule has 0 unspecified atom stereocenters. The van der Waals surface area contributed by atoms with Gasteiger partial charge in [0.05, 0.1) is 0 Å². The van der Waals surface area contributed by atoms with Crippen molar-refractivity contribution in [1.82, 2.24) is 0 Å². The molecule has 2 rings (SSSR count). The molecule has 0 saturated heterocycles. The van der Waals surface area contributed by atoms with Crippen molar-refractivity contribution >= 4 is 18.7 Å². The third-order valence-electron chi connectivity index (χ3n) is 1.82. The van der Waals surface area contributed by atoms with Crippen molar-refractivity contribution in [3.05, 3.63) is 34.2 Å². The number of phenols is 1. The molecule has 11 heavy (non-hydrogen) atoms. The minimum Gasteiger partial charge on any atom is -0.508 e. The van der Waals surface area contributed by atoms with Crippen LogP contribution < -0.4 is 10.4 Å². The van der Waals surface area contributed by atoms with Gasteiger partial charge in [-0.15, -0.1) is 0 Å². The molecule has 0 radical (unpaired) electrons. The van der Waals surface area contributed by atoms with Gasteiger partial charge in [-0.1, -0.05) is 24.8 Å². The predicted octanol–water partition coefficient (Wildman–Crippen LogP) is 0.610. The molecule has 0 aromatic heterocycles. The number of allylic oxidation sites excluding steroid dienone is 1. The van der Waals surface area contributed by atoms with Crippen molar-refractivity contribution in [2.24, 2.45) is 0 Å². The summed E-state index contributed by atoms with van der Waals surface area (Å²) in [6.07, 6.45) is 5.92. The first kappa shape index (κ1) is 6.23. The molecule has 54 valence electrons. The highest BCUT2D eigenvalue weighted by Crippen LogP contribution is 2.08. The Hall–Kier alpha value is -1.50. The molecule has 1 N–H and O–H groups in total. The van der Waals surface area contributed by atoms with Gasteiger partial charge in [-0.2, -0.15) is 0 Å². The molecule has 0 saturated carbocycles. The molecule has 0 amide bonds. The molecular formula is C10H8O. The first-order valence-corrected chi connectivity index (χ1v) is 3.48. The molecule has 1 aromatic rings. The Bertz CT molecular complexity index is 427. The number of aromatic hydroxyl groups is 1. The van der Waals surface area contributed by atoms with Gasteiger partial charge in [0, 0.05) is 0 Å². The van der Waals surface area contributed by atoms with E-state index in [0.29, 0.717) is 0 Å². The second-order valence-electron chi connectivity index (χ2n) is 2.63. The van der Waals surface area contributed by atoms with Gasteiger partial charge < -0.3 is 5.11 Å². The van der Waals surface area contributed by atoms with E-state index in [1.807, 2.05) is 18.2 Å². The van der Waals surface area contributed by atoms with E-state index >= 15 is 0 Å². The monoisotopic (exact) mass is 144 g/mol. The summed E-state index contributed by atoms with van der Waals surface area (Å²) >= 11 is 0. The van der Waals surface area contributed by atoms with E-state index in [9.17, 15) is 5.11 Å². The zero-order chi connectivity index (χ0) is 7.84. The van der Waals surface area contributed by atoms with Crippen LogP contribution in [0.2, 0.25) is 0 Å². The SMILES string of the molecule is C=c1cc(O)cc2c1=CC=C2. The zero-order valence-corrected chi connectivity index (χ0v) is 6.04. The summed E-state index contributed by atoms with van der Waals surface area (Å²) < 4.78 is 0. The fraction of sp³-hybridized carbons (Fsp3) is 0. The van der Waals surface area contributed by atoms with E-state index in [-0.39, 0.29) is 5.75 Å². The van der Waals surface area contributed by atoms with E-state index in [1.54, 1.807) is 12.1 Å². The van der Waals surface area contributed by atoms with Crippen LogP contribution in [0.4, 0.5) is 0 Å². The van der Waals surface area contributed by atoms with Crippen LogP contribution in [0.5, 0.6) is 5.75 Å². The first-order valence-electron chi connectivity index (χ1n) is 3.48. The van der Waals surface area contributed by atoms with Gasteiger partial charge in [0.25, 0.3) is 0 Å². The molecule has 0 spiro atoms. The van der Waals surface area contributed by atoms with E-state index < -0.39 is 0 Å². The number of phenolic OH excluding ortho intramolecular Hbond substituents is 1. The highest BCUT2D eigenvalue weighted by atomic mass is 16.3. The van der Waals surface area contributed by atoms with Gasteiger partial charge >= 0.3 is 0 Å². The zero-order valence-electron chi connectivity index (χ0n) is 6.04. The minimum absolute atomic E-state index is 0.286. The van der Waals surface area contributed by atoms with Gasteiger partial charge in [-0.3, -0.25) is 0 Å². The second kappa shape index (κ2) is 1.99. The van der Waals surface area contributed by atoms with Gasteiger partial charge in [-0.05, 0) is 28.1 Å². The molecular weight excluding hydrogens is 136 g/mol. The van der Waals surface area contributed by atoms with E-state index in [2.05, 4.69) is 6.58 Å². The van der Waals surface area contributed by atoms with Gasteiger partial charge in [0.15, 0.2) is 0 Å². The Morgan fingerprint density at radius 3 is 2.91 bits per heavy atom. The van der Waals surface area contributed by atoms with Gasteiger partial charge in [0.1, 0.15) is 5.75 Å². The molecule has 1 aliphatic rings. The Morgan fingerprint density at radius 1 is 1.27 bits per heavy atom. The summed E-state index contributed by atoms with van der Waals surface area (Å²) in [6.45, 7) is 3.82. The van der Waals surface area contributed by atoms with E-state index in [1.165, 1.54) is 0 Å². The average Bonchev–Trinajstić information content (AvgIpc) is 2.34. The molecule has 0 fully saturated rings. The Balaban J connectivity index is 2.94. The Kier molecular flexibility index (Phi) is 1.13. The summed E-state index contributed by atoms with van der Waals surface area (Å²) in [4.78, 5) is 0. The van der Waals surface area contributed by atoms with Crippen LogP contribution in [-0.2, 0) is 0 Å². The summed E-state index contributed by atoms with van der Waals surface area (Å²) in [5, 5.41) is 11.2. The van der Waals surface area contributed by atoms with Crippen molar-refractivity contribution in [3.8, 4) is 5.75 Å². The largest absolute Gasteiger partial charge is 0.508 e. The number of hydrogen-bond donors (Lipinski definition) is 1. The quantitative estimate of drug-likeness (QED) is 0.565. The van der Waals surface area contributed by atoms with Gasteiger partial charge in [0.2, 0.25) is 0 Å². The maximum Gasteiger partial charge on any atom is 0.116 e. The third kappa shape index (κ3) is 0.855. The molecule has 0 heterocycles. The average molecular weight is 144 g/mol. The van der Waals surface area contributed by atoms with Crippen LogP contribution >= 0.6 is 0 Å². The third-order valence-corrected chi connectivity index (χ3v) is 1.82. The lowest BCUT2D eigenvalue weighted by atomic mass is 10.1. The fourth-order valence-corrected chi connectivity index (χ4v) is 1.31. The smallest absolute Gasteiger partial charge is 0.116 e. The van der Waals surface area contributed by atoms with Crippen molar-refractivity contribution < 1.29 is 5.11 Å². The molecule has 0 aliphatic heterocycles. The molecule has 1 aromatic carbocycles.